The Bertz CT molecular complexity index is 890. The molecule has 0 radical (unpaired) electrons. The van der Waals surface area contributed by atoms with Crippen molar-refractivity contribution in [1.82, 2.24) is 24.6 Å². The summed E-state index contributed by atoms with van der Waals surface area (Å²) in [5.41, 5.74) is 2.95. The van der Waals surface area contributed by atoms with Crippen LogP contribution in [-0.2, 0) is 6.54 Å². The Hall–Kier alpha value is -2.48. The van der Waals surface area contributed by atoms with Crippen LogP contribution in [0.4, 0.5) is 11.6 Å². The fourth-order valence-electron chi connectivity index (χ4n) is 3.93. The molecule has 0 saturated carbocycles. The highest BCUT2D eigenvalue weighted by molar-refractivity contribution is 5.44. The van der Waals surface area contributed by atoms with Crippen LogP contribution >= 0.6 is 0 Å². The van der Waals surface area contributed by atoms with Crippen LogP contribution in [0.1, 0.15) is 36.7 Å². The molecule has 0 aromatic carbocycles. The fraction of sp³-hybridized carbons (Fsp3) is 0.600. The first kappa shape index (κ1) is 18.9. The lowest BCUT2D eigenvalue weighted by Gasteiger charge is -2.34. The quantitative estimate of drug-likeness (QED) is 0.774. The van der Waals surface area contributed by atoms with Gasteiger partial charge < -0.3 is 9.80 Å². The van der Waals surface area contributed by atoms with Crippen molar-refractivity contribution in [2.24, 2.45) is 0 Å². The van der Waals surface area contributed by atoms with E-state index in [4.69, 9.17) is 0 Å². The third-order valence-corrected chi connectivity index (χ3v) is 5.54. The van der Waals surface area contributed by atoms with E-state index < -0.39 is 0 Å². The van der Waals surface area contributed by atoms with Crippen LogP contribution in [0.2, 0.25) is 0 Å². The van der Waals surface area contributed by atoms with Gasteiger partial charge in [0.05, 0.1) is 23.6 Å². The Morgan fingerprint density at radius 2 is 1.96 bits per heavy atom. The molecule has 2 saturated heterocycles. The smallest absolute Gasteiger partial charge is 0.269 e. The maximum atomic E-state index is 12.6. The molecule has 0 aliphatic carbocycles. The molecular formula is C20H29N7O. The first-order chi connectivity index (χ1) is 13.5. The highest BCUT2D eigenvalue weighted by Gasteiger charge is 2.24. The zero-order chi connectivity index (χ0) is 19.7. The third kappa shape index (κ3) is 4.01. The molecule has 0 amide bonds. The van der Waals surface area contributed by atoms with Crippen LogP contribution in [0.25, 0.3) is 0 Å². The number of anilines is 2. The molecule has 2 aliphatic heterocycles. The fourth-order valence-corrected chi connectivity index (χ4v) is 3.93. The lowest BCUT2D eigenvalue weighted by molar-refractivity contribution is 0.158. The van der Waals surface area contributed by atoms with Crippen LogP contribution in [0.3, 0.4) is 0 Å². The maximum absolute atomic E-state index is 12.6. The topological polar surface area (TPSA) is 70.4 Å². The van der Waals surface area contributed by atoms with Crippen LogP contribution in [0.5, 0.6) is 0 Å². The number of rotatable bonds is 5. The molecule has 2 aromatic heterocycles. The van der Waals surface area contributed by atoms with Crippen molar-refractivity contribution in [3.8, 4) is 0 Å². The molecule has 4 heterocycles. The lowest BCUT2D eigenvalue weighted by Crippen LogP contribution is -2.42. The van der Waals surface area contributed by atoms with E-state index in [1.165, 1.54) is 6.42 Å². The highest BCUT2D eigenvalue weighted by Crippen LogP contribution is 2.23. The van der Waals surface area contributed by atoms with E-state index in [0.717, 1.165) is 68.6 Å². The SMILES string of the molecule is Cc1cc(CN2CCCC(n3ncc(N4CCC4)cc3=O)C2)nc(N(C)C)n1. The molecule has 8 nitrogen and oxygen atoms in total. The molecule has 2 aliphatic rings. The normalized spacial score (nSPS) is 20.1. The van der Waals surface area contributed by atoms with Crippen LogP contribution in [0, 0.1) is 6.92 Å². The molecular weight excluding hydrogens is 354 g/mol. The molecule has 1 unspecified atom stereocenters. The Balaban J connectivity index is 1.47. The molecule has 2 fully saturated rings. The van der Waals surface area contributed by atoms with E-state index in [0.29, 0.717) is 0 Å². The van der Waals surface area contributed by atoms with E-state index in [1.54, 1.807) is 10.7 Å². The number of hydrogen-bond donors (Lipinski definition) is 0. The second-order valence-corrected chi connectivity index (χ2v) is 8.06. The van der Waals surface area contributed by atoms with Gasteiger partial charge in [0.1, 0.15) is 0 Å². The molecule has 0 bridgehead atoms. The average molecular weight is 384 g/mol. The van der Waals surface area contributed by atoms with Crippen molar-refractivity contribution >= 4 is 11.6 Å². The Kier molecular flexibility index (Phi) is 5.30. The minimum absolute atomic E-state index is 0.00373. The van der Waals surface area contributed by atoms with E-state index in [2.05, 4.69) is 24.9 Å². The van der Waals surface area contributed by atoms with Gasteiger partial charge in [-0.1, -0.05) is 0 Å². The van der Waals surface area contributed by atoms with Gasteiger partial charge in [-0.15, -0.1) is 0 Å². The van der Waals surface area contributed by atoms with Gasteiger partial charge in [-0.25, -0.2) is 14.6 Å². The molecule has 2 aromatic rings. The molecule has 0 N–H and O–H groups in total. The van der Waals surface area contributed by atoms with Crippen LogP contribution in [-0.4, -0.2) is 64.9 Å². The monoisotopic (exact) mass is 383 g/mol. The van der Waals surface area contributed by atoms with Crippen molar-refractivity contribution < 1.29 is 0 Å². The van der Waals surface area contributed by atoms with Gasteiger partial charge in [0.25, 0.3) is 5.56 Å². The molecule has 4 rings (SSSR count). The zero-order valence-electron chi connectivity index (χ0n) is 17.0. The first-order valence-corrected chi connectivity index (χ1v) is 10.1. The van der Waals surface area contributed by atoms with E-state index in [1.807, 2.05) is 38.2 Å². The summed E-state index contributed by atoms with van der Waals surface area (Å²) in [5, 5.41) is 4.50. The van der Waals surface area contributed by atoms with E-state index in [9.17, 15) is 4.79 Å². The second-order valence-electron chi connectivity index (χ2n) is 8.06. The number of nitrogens with zero attached hydrogens (tertiary/aromatic N) is 7. The minimum Gasteiger partial charge on any atom is -0.370 e. The summed E-state index contributed by atoms with van der Waals surface area (Å²) in [7, 11) is 3.91. The summed E-state index contributed by atoms with van der Waals surface area (Å²) in [5.74, 6) is 0.739. The number of aryl methyl sites for hydroxylation is 1. The first-order valence-electron chi connectivity index (χ1n) is 10.1. The second kappa shape index (κ2) is 7.87. The average Bonchev–Trinajstić information content (AvgIpc) is 2.60. The number of aromatic nitrogens is 4. The Morgan fingerprint density at radius 3 is 2.64 bits per heavy atom. The lowest BCUT2D eigenvalue weighted by atomic mass is 10.1. The van der Waals surface area contributed by atoms with Crippen LogP contribution in [0.15, 0.2) is 23.1 Å². The standard InChI is InChI=1S/C20H29N7O/c1-15-10-16(23-20(22-15)24(2)3)13-25-7-4-6-17(14-25)27-19(28)11-18(12-21-27)26-8-5-9-26/h10-12,17H,4-9,13-14H2,1-3H3. The van der Waals surface area contributed by atoms with Crippen molar-refractivity contribution in [2.75, 3.05) is 50.1 Å². The molecule has 28 heavy (non-hydrogen) atoms. The predicted octanol–water partition coefficient (Wildman–Crippen LogP) is 1.45. The number of likely N-dealkylation sites (tertiary alicyclic amines) is 1. The number of hydrogen-bond acceptors (Lipinski definition) is 7. The Labute approximate surface area is 165 Å². The summed E-state index contributed by atoms with van der Waals surface area (Å²) in [6, 6.07) is 3.90. The van der Waals surface area contributed by atoms with Crippen molar-refractivity contribution in [3.63, 3.8) is 0 Å². The molecule has 0 spiro atoms. The predicted molar refractivity (Wildman–Crippen MR) is 110 cm³/mol. The zero-order valence-corrected chi connectivity index (χ0v) is 17.0. The van der Waals surface area contributed by atoms with Gasteiger partial charge in [0.2, 0.25) is 5.95 Å². The molecule has 8 heteroatoms. The van der Waals surface area contributed by atoms with Gasteiger partial charge in [0.15, 0.2) is 0 Å². The van der Waals surface area contributed by atoms with Gasteiger partial charge in [-0.3, -0.25) is 9.69 Å². The van der Waals surface area contributed by atoms with Crippen molar-refractivity contribution in [3.05, 3.63) is 40.1 Å². The summed E-state index contributed by atoms with van der Waals surface area (Å²) >= 11 is 0. The summed E-state index contributed by atoms with van der Waals surface area (Å²) in [4.78, 5) is 28.3. The highest BCUT2D eigenvalue weighted by atomic mass is 16.1. The summed E-state index contributed by atoms with van der Waals surface area (Å²) in [6.07, 6.45) is 5.07. The van der Waals surface area contributed by atoms with Crippen molar-refractivity contribution in [1.29, 1.82) is 0 Å². The van der Waals surface area contributed by atoms with Gasteiger partial charge in [-0.2, -0.15) is 5.10 Å². The van der Waals surface area contributed by atoms with Gasteiger partial charge >= 0.3 is 0 Å². The molecule has 150 valence electrons. The van der Waals surface area contributed by atoms with E-state index >= 15 is 0 Å². The summed E-state index contributed by atoms with van der Waals surface area (Å²) < 4.78 is 1.67. The van der Waals surface area contributed by atoms with Crippen LogP contribution < -0.4 is 15.4 Å². The van der Waals surface area contributed by atoms with Crippen molar-refractivity contribution in [2.45, 2.75) is 38.8 Å². The third-order valence-electron chi connectivity index (χ3n) is 5.54. The largest absolute Gasteiger partial charge is 0.370 e. The van der Waals surface area contributed by atoms with E-state index in [-0.39, 0.29) is 11.6 Å². The minimum atomic E-state index is 0.00373. The van der Waals surface area contributed by atoms with Gasteiger partial charge in [0, 0.05) is 52.0 Å². The maximum Gasteiger partial charge on any atom is 0.269 e. The van der Waals surface area contributed by atoms with Gasteiger partial charge in [-0.05, 0) is 38.8 Å². The number of piperidine rings is 1. The summed E-state index contributed by atoms with van der Waals surface area (Å²) in [6.45, 7) is 6.64. The Morgan fingerprint density at radius 1 is 1.14 bits per heavy atom. The molecule has 1 atom stereocenters.